The van der Waals surface area contributed by atoms with Gasteiger partial charge in [-0.25, -0.2) is 4.39 Å². The Kier molecular flexibility index (Phi) is 3.43. The fraction of sp³-hybridized carbons (Fsp3) is 0.450. The third kappa shape index (κ3) is 1.89. The van der Waals surface area contributed by atoms with Crippen LogP contribution in [0.15, 0.2) is 36.4 Å². The number of allylic oxidation sites excluding steroid dienone is 2. The maximum Gasteiger partial charge on any atom is 0.316 e. The minimum atomic E-state index is -0.568. The molecule has 0 bridgehead atoms. The smallest absolute Gasteiger partial charge is 0.316 e. The summed E-state index contributed by atoms with van der Waals surface area (Å²) in [5.41, 5.74) is 2.33. The minimum absolute atomic E-state index is 0.0682. The molecule has 126 valence electrons. The molecule has 0 spiro atoms. The van der Waals surface area contributed by atoms with Gasteiger partial charge in [-0.1, -0.05) is 31.2 Å². The van der Waals surface area contributed by atoms with Gasteiger partial charge in [0.15, 0.2) is 0 Å². The van der Waals surface area contributed by atoms with Crippen molar-refractivity contribution in [2.24, 2.45) is 23.2 Å². The predicted octanol–water partition coefficient (Wildman–Crippen LogP) is 3.91. The molecule has 1 saturated carbocycles. The Morgan fingerprint density at radius 1 is 1.38 bits per heavy atom. The van der Waals surface area contributed by atoms with E-state index >= 15 is 0 Å². The van der Waals surface area contributed by atoms with Gasteiger partial charge < -0.3 is 9.47 Å². The number of esters is 1. The molecule has 4 rings (SSSR count). The van der Waals surface area contributed by atoms with Gasteiger partial charge in [0.05, 0.1) is 18.6 Å². The molecular weight excluding hydrogens is 307 g/mol. The molecule has 0 aromatic heterocycles. The summed E-state index contributed by atoms with van der Waals surface area (Å²) < 4.78 is 24.4. The normalized spacial score (nSPS) is 37.4. The number of carbonyl (C=O) groups is 1. The summed E-state index contributed by atoms with van der Waals surface area (Å²) in [5, 5.41) is 0. The first kappa shape index (κ1) is 15.6. The molecule has 1 aromatic carbocycles. The molecule has 0 saturated heterocycles. The van der Waals surface area contributed by atoms with E-state index in [4.69, 9.17) is 9.47 Å². The van der Waals surface area contributed by atoms with E-state index < -0.39 is 5.41 Å². The lowest BCUT2D eigenvalue weighted by atomic mass is 9.90. The second kappa shape index (κ2) is 5.28. The number of fused-ring (bicyclic) bond motifs is 2. The van der Waals surface area contributed by atoms with Crippen LogP contribution < -0.4 is 0 Å². The van der Waals surface area contributed by atoms with Gasteiger partial charge in [0, 0.05) is 18.9 Å². The van der Waals surface area contributed by atoms with Crippen LogP contribution in [0.1, 0.15) is 30.6 Å². The molecule has 0 radical (unpaired) electrons. The molecule has 3 aliphatic carbocycles. The van der Waals surface area contributed by atoms with Gasteiger partial charge in [0.1, 0.15) is 5.82 Å². The molecule has 5 atom stereocenters. The van der Waals surface area contributed by atoms with Crippen molar-refractivity contribution >= 4 is 11.5 Å². The maximum absolute atomic E-state index is 13.7. The van der Waals surface area contributed by atoms with Crippen molar-refractivity contribution in [3.05, 3.63) is 53.4 Å². The Bertz CT molecular complexity index is 766. The van der Waals surface area contributed by atoms with Crippen LogP contribution >= 0.6 is 0 Å². The SMILES string of the molecule is COC(=O)[C@]1(/C=C2/c3ccc(F)cc3[C@@H](OC)[C@@H]2C)[C@@H]2CC=C[C@@H]21. The first-order chi connectivity index (χ1) is 11.5. The van der Waals surface area contributed by atoms with E-state index in [2.05, 4.69) is 25.2 Å². The van der Waals surface area contributed by atoms with E-state index in [1.54, 1.807) is 19.2 Å². The predicted molar refractivity (Wildman–Crippen MR) is 88.5 cm³/mol. The van der Waals surface area contributed by atoms with Crippen molar-refractivity contribution < 1.29 is 18.7 Å². The number of benzene rings is 1. The first-order valence-electron chi connectivity index (χ1n) is 8.35. The Morgan fingerprint density at radius 2 is 2.17 bits per heavy atom. The van der Waals surface area contributed by atoms with Crippen molar-refractivity contribution in [1.82, 2.24) is 0 Å². The fourth-order valence-corrected chi connectivity index (χ4v) is 4.75. The Morgan fingerprint density at radius 3 is 2.79 bits per heavy atom. The largest absolute Gasteiger partial charge is 0.468 e. The molecule has 0 unspecified atom stereocenters. The van der Waals surface area contributed by atoms with E-state index in [1.165, 1.54) is 13.2 Å². The minimum Gasteiger partial charge on any atom is -0.468 e. The van der Waals surface area contributed by atoms with Crippen LogP contribution in [0.25, 0.3) is 5.57 Å². The zero-order valence-electron chi connectivity index (χ0n) is 14.1. The van der Waals surface area contributed by atoms with Crippen LogP contribution in [0.4, 0.5) is 4.39 Å². The third-order valence-corrected chi connectivity index (χ3v) is 5.99. The number of rotatable bonds is 3. The summed E-state index contributed by atoms with van der Waals surface area (Å²) in [6.07, 6.45) is 7.05. The monoisotopic (exact) mass is 328 g/mol. The van der Waals surface area contributed by atoms with E-state index in [1.807, 2.05) is 0 Å². The van der Waals surface area contributed by atoms with Crippen molar-refractivity contribution in [3.8, 4) is 0 Å². The van der Waals surface area contributed by atoms with Gasteiger partial charge >= 0.3 is 5.97 Å². The van der Waals surface area contributed by atoms with Crippen molar-refractivity contribution in [1.29, 1.82) is 0 Å². The molecule has 1 aromatic rings. The highest BCUT2D eigenvalue weighted by atomic mass is 19.1. The van der Waals surface area contributed by atoms with Crippen molar-refractivity contribution in [2.75, 3.05) is 14.2 Å². The van der Waals surface area contributed by atoms with Crippen LogP contribution in [-0.2, 0) is 14.3 Å². The quantitative estimate of drug-likeness (QED) is 0.623. The van der Waals surface area contributed by atoms with Crippen molar-refractivity contribution in [3.63, 3.8) is 0 Å². The Hall–Kier alpha value is -1.94. The average molecular weight is 328 g/mol. The van der Waals surface area contributed by atoms with E-state index in [9.17, 15) is 9.18 Å². The van der Waals surface area contributed by atoms with Crippen molar-refractivity contribution in [2.45, 2.75) is 19.4 Å². The molecule has 0 N–H and O–H groups in total. The van der Waals surface area contributed by atoms with E-state index in [-0.39, 0.29) is 35.6 Å². The van der Waals surface area contributed by atoms with Gasteiger partial charge in [-0.05, 0) is 41.2 Å². The number of carbonyl (C=O) groups excluding carboxylic acids is 1. The summed E-state index contributed by atoms with van der Waals surface area (Å²) in [6.45, 7) is 2.07. The molecule has 4 heteroatoms. The standard InChI is InChI=1S/C20H21FO3/c1-11-15(13-8-7-12(21)9-14(13)18(11)23-2)10-20(19(22)24-3)16-5-4-6-17(16)20/h4-5,7-11,16-18H,6H2,1-3H3/b15-10+/t11-,16+,17-,18+,20+/m1/s1. The zero-order valence-corrected chi connectivity index (χ0v) is 14.1. The molecule has 1 fully saturated rings. The van der Waals surface area contributed by atoms with Gasteiger partial charge in [-0.3, -0.25) is 4.79 Å². The summed E-state index contributed by atoms with van der Waals surface area (Å²) in [6, 6.07) is 4.81. The van der Waals surface area contributed by atoms with Crippen LogP contribution in [0, 0.1) is 29.0 Å². The van der Waals surface area contributed by atoms with Crippen LogP contribution in [0.3, 0.4) is 0 Å². The fourth-order valence-electron chi connectivity index (χ4n) is 4.75. The van der Waals surface area contributed by atoms with E-state index in [0.29, 0.717) is 0 Å². The topological polar surface area (TPSA) is 35.5 Å². The van der Waals surface area contributed by atoms with Gasteiger partial charge in [-0.2, -0.15) is 0 Å². The average Bonchev–Trinajstić information content (AvgIpc) is 2.89. The van der Waals surface area contributed by atoms with Crippen LogP contribution in [0.2, 0.25) is 0 Å². The number of hydrogen-bond acceptors (Lipinski definition) is 3. The number of hydrogen-bond donors (Lipinski definition) is 0. The van der Waals surface area contributed by atoms with Gasteiger partial charge in [0.25, 0.3) is 0 Å². The highest BCUT2D eigenvalue weighted by Gasteiger charge is 2.69. The molecule has 0 aliphatic heterocycles. The zero-order chi connectivity index (χ0) is 17.1. The van der Waals surface area contributed by atoms with Crippen LogP contribution in [-0.4, -0.2) is 20.2 Å². The summed E-state index contributed by atoms with van der Waals surface area (Å²) in [5.74, 6) is 0.133. The lowest BCUT2D eigenvalue weighted by Crippen LogP contribution is -2.21. The van der Waals surface area contributed by atoms with Crippen LogP contribution in [0.5, 0.6) is 0 Å². The Balaban J connectivity index is 1.83. The molecule has 3 aliphatic rings. The number of ether oxygens (including phenoxy) is 2. The lowest BCUT2D eigenvalue weighted by molar-refractivity contribution is -0.146. The Labute approximate surface area is 141 Å². The summed E-state index contributed by atoms with van der Waals surface area (Å²) in [4.78, 5) is 12.5. The van der Waals surface area contributed by atoms with Gasteiger partial charge in [-0.15, -0.1) is 0 Å². The lowest BCUT2D eigenvalue weighted by Gasteiger charge is -2.18. The summed E-state index contributed by atoms with van der Waals surface area (Å²) >= 11 is 0. The second-order valence-electron chi connectivity index (χ2n) is 7.00. The second-order valence-corrected chi connectivity index (χ2v) is 7.00. The molecule has 24 heavy (non-hydrogen) atoms. The van der Waals surface area contributed by atoms with Gasteiger partial charge in [0.2, 0.25) is 0 Å². The molecule has 3 nitrogen and oxygen atoms in total. The number of methoxy groups -OCH3 is 2. The maximum atomic E-state index is 13.7. The molecular formula is C20H21FO3. The number of halogens is 1. The highest BCUT2D eigenvalue weighted by Crippen LogP contribution is 2.67. The summed E-state index contributed by atoms with van der Waals surface area (Å²) in [7, 11) is 3.09. The van der Waals surface area contributed by atoms with E-state index in [0.717, 1.165) is 23.1 Å². The molecule has 0 heterocycles. The highest BCUT2D eigenvalue weighted by molar-refractivity contribution is 5.89. The first-order valence-corrected chi connectivity index (χ1v) is 8.35. The third-order valence-electron chi connectivity index (χ3n) is 5.99. The molecule has 0 amide bonds.